The minimum atomic E-state index is -3.07. The third-order valence-electron chi connectivity index (χ3n) is 4.60. The van der Waals surface area contributed by atoms with Gasteiger partial charge in [-0.1, -0.05) is 5.16 Å². The number of nitrogens with one attached hydrogen (secondary N) is 1. The lowest BCUT2D eigenvalue weighted by atomic mass is 10.0. The third kappa shape index (κ3) is 4.07. The molecule has 0 saturated carbocycles. The molecule has 3 rings (SSSR count). The molecular formula is C18H22N2O5S. The molecule has 1 aromatic heterocycles. The second-order valence-corrected chi connectivity index (χ2v) is 9.16. The van der Waals surface area contributed by atoms with Gasteiger partial charge in [0.05, 0.1) is 28.3 Å². The van der Waals surface area contributed by atoms with Crippen LogP contribution in [-0.2, 0) is 16.4 Å². The van der Waals surface area contributed by atoms with Crippen LogP contribution >= 0.6 is 0 Å². The monoisotopic (exact) mass is 378 g/mol. The molecule has 1 aromatic carbocycles. The Morgan fingerprint density at radius 2 is 2.00 bits per heavy atom. The summed E-state index contributed by atoms with van der Waals surface area (Å²) in [4.78, 5) is 12.4. The van der Waals surface area contributed by atoms with Gasteiger partial charge < -0.3 is 14.6 Å². The second kappa shape index (κ2) is 6.75. The Morgan fingerprint density at radius 1 is 1.31 bits per heavy atom. The fourth-order valence-electron chi connectivity index (χ4n) is 3.02. The first-order valence-electron chi connectivity index (χ1n) is 8.35. The van der Waals surface area contributed by atoms with Gasteiger partial charge in [0, 0.05) is 5.56 Å². The SMILES string of the molecule is Cc1noc(C)c1COc1ccc(C(=O)NC2(C)CCS(=O)(=O)C2)cc1. The molecule has 1 N–H and O–H groups in total. The van der Waals surface area contributed by atoms with E-state index in [1.54, 1.807) is 31.2 Å². The Kier molecular flexibility index (Phi) is 4.79. The topological polar surface area (TPSA) is 98.5 Å². The molecule has 26 heavy (non-hydrogen) atoms. The summed E-state index contributed by atoms with van der Waals surface area (Å²) in [6.07, 6.45) is 0.430. The standard InChI is InChI=1S/C18H22N2O5S/c1-12-16(13(2)25-20-12)10-24-15-6-4-14(5-7-15)17(21)19-18(3)8-9-26(22,23)11-18/h4-7H,8-11H2,1-3H3,(H,19,21). The van der Waals surface area contributed by atoms with Gasteiger partial charge in [-0.25, -0.2) is 8.42 Å². The van der Waals surface area contributed by atoms with Crippen molar-refractivity contribution in [3.63, 3.8) is 0 Å². The van der Waals surface area contributed by atoms with Gasteiger partial charge in [-0.15, -0.1) is 0 Å². The molecular weight excluding hydrogens is 356 g/mol. The van der Waals surface area contributed by atoms with Gasteiger partial charge >= 0.3 is 0 Å². The molecule has 1 atom stereocenters. The highest BCUT2D eigenvalue weighted by atomic mass is 32.2. The van der Waals surface area contributed by atoms with E-state index < -0.39 is 15.4 Å². The molecule has 8 heteroatoms. The molecule has 0 aliphatic carbocycles. The van der Waals surface area contributed by atoms with E-state index in [4.69, 9.17) is 9.26 Å². The van der Waals surface area contributed by atoms with Crippen molar-refractivity contribution in [2.75, 3.05) is 11.5 Å². The number of carbonyl (C=O) groups is 1. The van der Waals surface area contributed by atoms with Gasteiger partial charge in [-0.3, -0.25) is 4.79 Å². The number of aromatic nitrogens is 1. The maximum atomic E-state index is 12.4. The average molecular weight is 378 g/mol. The Balaban J connectivity index is 1.61. The van der Waals surface area contributed by atoms with Gasteiger partial charge in [0.15, 0.2) is 9.84 Å². The Labute approximate surface area is 152 Å². The Bertz CT molecular complexity index is 898. The van der Waals surface area contributed by atoms with Gasteiger partial charge in [-0.05, 0) is 51.5 Å². The number of ether oxygens (including phenoxy) is 1. The molecule has 1 amide bonds. The van der Waals surface area contributed by atoms with Crippen molar-refractivity contribution in [3.05, 3.63) is 46.8 Å². The summed E-state index contributed by atoms with van der Waals surface area (Å²) in [5, 5.41) is 6.72. The predicted octanol–water partition coefficient (Wildman–Crippen LogP) is 2.18. The smallest absolute Gasteiger partial charge is 0.251 e. The van der Waals surface area contributed by atoms with E-state index in [0.717, 1.165) is 17.0 Å². The van der Waals surface area contributed by atoms with Crippen molar-refractivity contribution >= 4 is 15.7 Å². The van der Waals surface area contributed by atoms with Crippen LogP contribution in [0.5, 0.6) is 5.75 Å². The number of rotatable bonds is 5. The fourth-order valence-corrected chi connectivity index (χ4v) is 5.11. The van der Waals surface area contributed by atoms with Crippen LogP contribution in [0.4, 0.5) is 0 Å². The molecule has 1 aliphatic rings. The lowest BCUT2D eigenvalue weighted by Gasteiger charge is -2.23. The number of hydrogen-bond acceptors (Lipinski definition) is 6. The molecule has 0 bridgehead atoms. The van der Waals surface area contributed by atoms with Crippen LogP contribution in [0.3, 0.4) is 0 Å². The lowest BCUT2D eigenvalue weighted by Crippen LogP contribution is -2.46. The summed E-state index contributed by atoms with van der Waals surface area (Å²) in [6.45, 7) is 5.78. The number of benzene rings is 1. The van der Waals surface area contributed by atoms with E-state index in [9.17, 15) is 13.2 Å². The summed E-state index contributed by atoms with van der Waals surface area (Å²) in [6, 6.07) is 6.73. The highest BCUT2D eigenvalue weighted by molar-refractivity contribution is 7.91. The van der Waals surface area contributed by atoms with Gasteiger partial charge in [-0.2, -0.15) is 0 Å². The molecule has 2 heterocycles. The van der Waals surface area contributed by atoms with E-state index in [1.165, 1.54) is 0 Å². The minimum absolute atomic E-state index is 0.0234. The van der Waals surface area contributed by atoms with Crippen LogP contribution in [-0.4, -0.2) is 36.5 Å². The average Bonchev–Trinajstić information content (AvgIpc) is 3.04. The number of nitrogens with zero attached hydrogens (tertiary/aromatic N) is 1. The number of hydrogen-bond donors (Lipinski definition) is 1. The summed E-state index contributed by atoms with van der Waals surface area (Å²) in [5.74, 6) is 1.14. The zero-order valence-electron chi connectivity index (χ0n) is 15.0. The molecule has 1 fully saturated rings. The number of sulfone groups is 1. The molecule has 1 unspecified atom stereocenters. The zero-order chi connectivity index (χ0) is 18.9. The largest absolute Gasteiger partial charge is 0.489 e. The highest BCUT2D eigenvalue weighted by Crippen LogP contribution is 2.24. The second-order valence-electron chi connectivity index (χ2n) is 6.97. The highest BCUT2D eigenvalue weighted by Gasteiger charge is 2.39. The van der Waals surface area contributed by atoms with Crippen molar-refractivity contribution < 1.29 is 22.5 Å². The van der Waals surface area contributed by atoms with E-state index in [1.807, 2.05) is 13.8 Å². The Hall–Kier alpha value is -2.35. The van der Waals surface area contributed by atoms with Crippen molar-refractivity contribution in [2.45, 2.75) is 39.3 Å². The van der Waals surface area contributed by atoms with Crippen molar-refractivity contribution in [1.82, 2.24) is 10.5 Å². The molecule has 1 saturated heterocycles. The summed E-state index contributed by atoms with van der Waals surface area (Å²) in [7, 11) is -3.07. The van der Waals surface area contributed by atoms with Crippen LogP contribution in [0.25, 0.3) is 0 Å². The number of aryl methyl sites for hydroxylation is 2. The third-order valence-corrected chi connectivity index (χ3v) is 6.50. The van der Waals surface area contributed by atoms with Gasteiger partial charge in [0.1, 0.15) is 18.1 Å². The maximum Gasteiger partial charge on any atom is 0.251 e. The molecule has 140 valence electrons. The Morgan fingerprint density at radius 3 is 2.54 bits per heavy atom. The van der Waals surface area contributed by atoms with Crippen LogP contribution in [0.1, 0.15) is 40.7 Å². The molecule has 0 spiro atoms. The summed E-state index contributed by atoms with van der Waals surface area (Å²) in [5.41, 5.74) is 1.44. The maximum absolute atomic E-state index is 12.4. The first kappa shape index (κ1) is 18.4. The fraction of sp³-hybridized carbons (Fsp3) is 0.444. The van der Waals surface area contributed by atoms with E-state index in [2.05, 4.69) is 10.5 Å². The van der Waals surface area contributed by atoms with Crippen molar-refractivity contribution in [1.29, 1.82) is 0 Å². The van der Waals surface area contributed by atoms with Gasteiger partial charge in [0.2, 0.25) is 0 Å². The van der Waals surface area contributed by atoms with E-state index in [-0.39, 0.29) is 17.4 Å². The first-order chi connectivity index (χ1) is 12.2. The number of carbonyl (C=O) groups excluding carboxylic acids is 1. The van der Waals surface area contributed by atoms with Crippen LogP contribution < -0.4 is 10.1 Å². The molecule has 1 aliphatic heterocycles. The van der Waals surface area contributed by atoms with E-state index in [0.29, 0.717) is 24.3 Å². The number of amides is 1. The lowest BCUT2D eigenvalue weighted by molar-refractivity contribution is 0.0915. The van der Waals surface area contributed by atoms with Crippen LogP contribution in [0.2, 0.25) is 0 Å². The van der Waals surface area contributed by atoms with Crippen LogP contribution in [0, 0.1) is 13.8 Å². The normalized spacial score (nSPS) is 21.5. The van der Waals surface area contributed by atoms with Crippen molar-refractivity contribution in [2.24, 2.45) is 0 Å². The molecule has 7 nitrogen and oxygen atoms in total. The molecule has 2 aromatic rings. The summed E-state index contributed by atoms with van der Waals surface area (Å²) >= 11 is 0. The first-order valence-corrected chi connectivity index (χ1v) is 10.2. The molecule has 0 radical (unpaired) electrons. The van der Waals surface area contributed by atoms with Crippen molar-refractivity contribution in [3.8, 4) is 5.75 Å². The minimum Gasteiger partial charge on any atom is -0.489 e. The predicted molar refractivity (Wildman–Crippen MR) is 95.9 cm³/mol. The quantitative estimate of drug-likeness (QED) is 0.856. The van der Waals surface area contributed by atoms with E-state index >= 15 is 0 Å². The van der Waals surface area contributed by atoms with Crippen LogP contribution in [0.15, 0.2) is 28.8 Å². The van der Waals surface area contributed by atoms with Gasteiger partial charge in [0.25, 0.3) is 5.91 Å². The zero-order valence-corrected chi connectivity index (χ0v) is 15.9. The summed E-state index contributed by atoms with van der Waals surface area (Å²) < 4.78 is 34.1.